The Labute approximate surface area is 142 Å². The first-order valence-corrected chi connectivity index (χ1v) is 8.28. The standard InChI is InChI=1S/C17H25ClFN3O/c1-12(22-9-7-21(4)8-10-22)16(23)20-17(2,3)14-6-5-13(19)11-15(14)18/h5-6,11-12H,7-10H2,1-4H3,(H,20,23)/t12-/m0/s1. The van der Waals surface area contributed by atoms with Gasteiger partial charge in [0.05, 0.1) is 11.6 Å². The predicted octanol–water partition coefficient (Wildman–Crippen LogP) is 2.47. The van der Waals surface area contributed by atoms with Gasteiger partial charge in [-0.1, -0.05) is 17.7 Å². The molecule has 1 amide bonds. The topological polar surface area (TPSA) is 35.6 Å². The van der Waals surface area contributed by atoms with Crippen molar-refractivity contribution in [2.75, 3.05) is 33.2 Å². The molecule has 1 atom stereocenters. The molecule has 4 nitrogen and oxygen atoms in total. The number of benzene rings is 1. The van der Waals surface area contributed by atoms with Crippen molar-refractivity contribution in [3.8, 4) is 0 Å². The molecule has 1 saturated heterocycles. The number of carbonyl (C=O) groups is 1. The van der Waals surface area contributed by atoms with E-state index in [1.54, 1.807) is 6.07 Å². The third-order valence-electron chi connectivity index (χ3n) is 4.51. The Hall–Kier alpha value is -1.17. The monoisotopic (exact) mass is 341 g/mol. The van der Waals surface area contributed by atoms with Crippen molar-refractivity contribution in [2.45, 2.75) is 32.4 Å². The zero-order chi connectivity index (χ0) is 17.2. The highest BCUT2D eigenvalue weighted by Crippen LogP contribution is 2.28. The van der Waals surface area contributed by atoms with Gasteiger partial charge in [-0.2, -0.15) is 0 Å². The molecule has 0 saturated carbocycles. The first kappa shape index (κ1) is 18.2. The van der Waals surface area contributed by atoms with Crippen LogP contribution in [0, 0.1) is 5.82 Å². The van der Waals surface area contributed by atoms with Gasteiger partial charge in [-0.15, -0.1) is 0 Å². The Morgan fingerprint density at radius 2 is 1.91 bits per heavy atom. The van der Waals surface area contributed by atoms with Crippen LogP contribution in [0.25, 0.3) is 0 Å². The van der Waals surface area contributed by atoms with Crippen LogP contribution in [0.5, 0.6) is 0 Å². The van der Waals surface area contributed by atoms with Crippen LogP contribution in [0.15, 0.2) is 18.2 Å². The molecule has 0 radical (unpaired) electrons. The molecule has 128 valence electrons. The molecule has 1 heterocycles. The summed E-state index contributed by atoms with van der Waals surface area (Å²) in [5, 5.41) is 3.36. The van der Waals surface area contributed by atoms with Gasteiger partial charge >= 0.3 is 0 Å². The number of rotatable bonds is 4. The van der Waals surface area contributed by atoms with Crippen LogP contribution >= 0.6 is 11.6 Å². The first-order chi connectivity index (χ1) is 10.7. The third-order valence-corrected chi connectivity index (χ3v) is 4.82. The van der Waals surface area contributed by atoms with Crippen molar-refractivity contribution >= 4 is 17.5 Å². The van der Waals surface area contributed by atoms with E-state index >= 15 is 0 Å². The lowest BCUT2D eigenvalue weighted by atomic mass is 9.93. The van der Waals surface area contributed by atoms with Gasteiger partial charge in [0.2, 0.25) is 5.91 Å². The number of carbonyl (C=O) groups excluding carboxylic acids is 1. The van der Waals surface area contributed by atoms with Crippen LogP contribution in [-0.2, 0) is 10.3 Å². The van der Waals surface area contributed by atoms with Crippen LogP contribution < -0.4 is 5.32 Å². The zero-order valence-corrected chi connectivity index (χ0v) is 15.0. The van der Waals surface area contributed by atoms with E-state index in [0.717, 1.165) is 26.2 Å². The zero-order valence-electron chi connectivity index (χ0n) is 14.2. The average molecular weight is 342 g/mol. The van der Waals surface area contributed by atoms with E-state index in [4.69, 9.17) is 11.6 Å². The molecule has 0 aromatic heterocycles. The molecule has 1 aliphatic rings. The highest BCUT2D eigenvalue weighted by molar-refractivity contribution is 6.31. The SMILES string of the molecule is C[C@@H](C(=O)NC(C)(C)c1ccc(F)cc1Cl)N1CCN(C)CC1. The van der Waals surface area contributed by atoms with Gasteiger partial charge in [-0.3, -0.25) is 9.69 Å². The highest BCUT2D eigenvalue weighted by Gasteiger charge is 2.30. The van der Waals surface area contributed by atoms with Crippen LogP contribution in [0.2, 0.25) is 5.02 Å². The van der Waals surface area contributed by atoms with Gasteiger partial charge < -0.3 is 10.2 Å². The van der Waals surface area contributed by atoms with Crippen molar-refractivity contribution < 1.29 is 9.18 Å². The Morgan fingerprint density at radius 3 is 2.48 bits per heavy atom. The van der Waals surface area contributed by atoms with E-state index in [2.05, 4.69) is 22.2 Å². The minimum atomic E-state index is -0.664. The fourth-order valence-corrected chi connectivity index (χ4v) is 3.25. The number of halogens is 2. The van der Waals surface area contributed by atoms with Crippen molar-refractivity contribution in [1.29, 1.82) is 0 Å². The number of piperazine rings is 1. The minimum Gasteiger partial charge on any atom is -0.346 e. The summed E-state index contributed by atoms with van der Waals surface area (Å²) < 4.78 is 13.2. The van der Waals surface area contributed by atoms with Crippen LogP contribution in [0.3, 0.4) is 0 Å². The molecule has 0 bridgehead atoms. The Morgan fingerprint density at radius 1 is 1.30 bits per heavy atom. The molecule has 23 heavy (non-hydrogen) atoms. The number of nitrogens with one attached hydrogen (secondary N) is 1. The average Bonchev–Trinajstić information content (AvgIpc) is 2.46. The highest BCUT2D eigenvalue weighted by atomic mass is 35.5. The van der Waals surface area contributed by atoms with Crippen molar-refractivity contribution in [1.82, 2.24) is 15.1 Å². The second-order valence-corrected chi connectivity index (χ2v) is 7.16. The fraction of sp³-hybridized carbons (Fsp3) is 0.588. The van der Waals surface area contributed by atoms with E-state index in [-0.39, 0.29) is 17.8 Å². The normalized spacial score (nSPS) is 18.7. The predicted molar refractivity (Wildman–Crippen MR) is 91.1 cm³/mol. The van der Waals surface area contributed by atoms with E-state index in [1.165, 1.54) is 12.1 Å². The van der Waals surface area contributed by atoms with Gasteiger partial charge in [0.1, 0.15) is 5.82 Å². The molecular weight excluding hydrogens is 317 g/mol. The molecule has 1 aromatic carbocycles. The van der Waals surface area contributed by atoms with Gasteiger partial charge in [0.15, 0.2) is 0 Å². The number of hydrogen-bond acceptors (Lipinski definition) is 3. The number of likely N-dealkylation sites (N-methyl/N-ethyl adjacent to an activating group) is 1. The smallest absolute Gasteiger partial charge is 0.237 e. The van der Waals surface area contributed by atoms with Gasteiger partial charge in [0.25, 0.3) is 0 Å². The summed E-state index contributed by atoms with van der Waals surface area (Å²) in [6.45, 7) is 9.35. The number of amides is 1. The second-order valence-electron chi connectivity index (χ2n) is 6.75. The number of hydrogen-bond donors (Lipinski definition) is 1. The molecule has 0 unspecified atom stereocenters. The van der Waals surface area contributed by atoms with Gasteiger partial charge in [-0.05, 0) is 45.5 Å². The first-order valence-electron chi connectivity index (χ1n) is 7.91. The second kappa shape index (κ2) is 7.16. The summed E-state index contributed by atoms with van der Waals surface area (Å²) in [6.07, 6.45) is 0. The third kappa shape index (κ3) is 4.43. The molecule has 2 rings (SSSR count). The fourth-order valence-electron chi connectivity index (χ4n) is 2.85. The Bertz CT molecular complexity index is 571. The molecule has 0 aliphatic carbocycles. The summed E-state index contributed by atoms with van der Waals surface area (Å²) >= 11 is 6.13. The van der Waals surface area contributed by atoms with E-state index in [0.29, 0.717) is 10.6 Å². The summed E-state index contributed by atoms with van der Waals surface area (Å²) in [4.78, 5) is 17.0. The lowest BCUT2D eigenvalue weighted by molar-refractivity contribution is -0.128. The molecule has 0 spiro atoms. The molecule has 6 heteroatoms. The van der Waals surface area contributed by atoms with Gasteiger partial charge in [0, 0.05) is 31.2 Å². The number of nitrogens with zero attached hydrogens (tertiary/aromatic N) is 2. The lowest BCUT2D eigenvalue weighted by Crippen LogP contribution is -2.55. The van der Waals surface area contributed by atoms with Gasteiger partial charge in [-0.25, -0.2) is 4.39 Å². The largest absolute Gasteiger partial charge is 0.346 e. The van der Waals surface area contributed by atoms with Crippen LogP contribution in [0.4, 0.5) is 4.39 Å². The van der Waals surface area contributed by atoms with Crippen molar-refractivity contribution in [2.24, 2.45) is 0 Å². The minimum absolute atomic E-state index is 0.0417. The van der Waals surface area contributed by atoms with E-state index in [9.17, 15) is 9.18 Å². The van der Waals surface area contributed by atoms with E-state index in [1.807, 2.05) is 20.8 Å². The summed E-state index contributed by atoms with van der Waals surface area (Å²) in [6, 6.07) is 4.05. The summed E-state index contributed by atoms with van der Waals surface area (Å²) in [5.74, 6) is -0.424. The Kier molecular flexibility index (Phi) is 5.65. The molecule has 1 aliphatic heterocycles. The van der Waals surface area contributed by atoms with Crippen LogP contribution in [0.1, 0.15) is 26.3 Å². The van der Waals surface area contributed by atoms with Crippen molar-refractivity contribution in [3.63, 3.8) is 0 Å². The molecule has 1 fully saturated rings. The maximum absolute atomic E-state index is 13.2. The van der Waals surface area contributed by atoms with Crippen molar-refractivity contribution in [3.05, 3.63) is 34.6 Å². The molecular formula is C17H25ClFN3O. The van der Waals surface area contributed by atoms with Crippen LogP contribution in [-0.4, -0.2) is 55.0 Å². The molecule has 1 aromatic rings. The molecule has 1 N–H and O–H groups in total. The van der Waals surface area contributed by atoms with E-state index < -0.39 is 5.54 Å². The maximum Gasteiger partial charge on any atom is 0.237 e. The maximum atomic E-state index is 13.2. The summed E-state index contributed by atoms with van der Waals surface area (Å²) in [5.41, 5.74) is 0.0439. The lowest BCUT2D eigenvalue weighted by Gasteiger charge is -2.37. The Balaban J connectivity index is 2.05. The quantitative estimate of drug-likeness (QED) is 0.913. The summed E-state index contributed by atoms with van der Waals surface area (Å²) in [7, 11) is 2.09.